The van der Waals surface area contributed by atoms with E-state index in [9.17, 15) is 19.5 Å². The van der Waals surface area contributed by atoms with Gasteiger partial charge in [0, 0.05) is 29.3 Å². The first-order valence-corrected chi connectivity index (χ1v) is 10.7. The molecule has 0 atom stereocenters. The van der Waals surface area contributed by atoms with Crippen LogP contribution in [-0.4, -0.2) is 28.7 Å². The first-order valence-electron chi connectivity index (χ1n) is 10.7. The van der Waals surface area contributed by atoms with Crippen LogP contribution in [0.5, 0.6) is 0 Å². The molecule has 3 aromatic rings. The maximum Gasteiger partial charge on any atom is 0.336 e. The Bertz CT molecular complexity index is 1250. The third kappa shape index (κ3) is 5.66. The molecule has 0 unspecified atom stereocenters. The second-order valence-electron chi connectivity index (χ2n) is 8.05. The van der Waals surface area contributed by atoms with Crippen molar-refractivity contribution < 1.29 is 19.5 Å². The Morgan fingerprint density at radius 3 is 2.21 bits per heavy atom. The molecule has 0 heterocycles. The minimum Gasteiger partial charge on any atom is -0.478 e. The van der Waals surface area contributed by atoms with Gasteiger partial charge in [-0.05, 0) is 53.1 Å². The van der Waals surface area contributed by atoms with Crippen molar-refractivity contribution in [2.24, 2.45) is 11.7 Å². The Morgan fingerprint density at radius 2 is 1.59 bits per heavy atom. The summed E-state index contributed by atoms with van der Waals surface area (Å²) in [6.07, 6.45) is 0. The Balaban J connectivity index is 1.91. The molecule has 6 N–H and O–H groups in total. The highest BCUT2D eigenvalue weighted by Gasteiger charge is 2.19. The number of nitrogens with two attached hydrogens (primary N) is 1. The van der Waals surface area contributed by atoms with Crippen LogP contribution in [0.1, 0.15) is 45.7 Å². The number of carboxylic acids is 1. The molecule has 0 aromatic heterocycles. The van der Waals surface area contributed by atoms with Crippen molar-refractivity contribution in [1.82, 2.24) is 5.32 Å². The van der Waals surface area contributed by atoms with Crippen LogP contribution in [-0.2, 0) is 11.3 Å². The summed E-state index contributed by atoms with van der Waals surface area (Å²) in [5.74, 6) is -1.92. The molecule has 0 aliphatic heterocycles. The van der Waals surface area contributed by atoms with E-state index in [2.05, 4.69) is 10.6 Å². The number of carbonyl (C=O) groups is 3. The molecule has 0 fully saturated rings. The van der Waals surface area contributed by atoms with Crippen molar-refractivity contribution in [1.29, 1.82) is 5.41 Å². The van der Waals surface area contributed by atoms with Gasteiger partial charge in [0.15, 0.2) is 0 Å². The summed E-state index contributed by atoms with van der Waals surface area (Å²) in [5, 5.41) is 22.9. The molecule has 8 heteroatoms. The Kier molecular flexibility index (Phi) is 7.43. The molecule has 174 valence electrons. The average Bonchev–Trinajstić information content (AvgIpc) is 2.82. The van der Waals surface area contributed by atoms with Crippen LogP contribution in [0.3, 0.4) is 0 Å². The largest absolute Gasteiger partial charge is 0.478 e. The van der Waals surface area contributed by atoms with Gasteiger partial charge in [-0.2, -0.15) is 0 Å². The number of aromatic carboxylic acids is 1. The van der Waals surface area contributed by atoms with Crippen molar-refractivity contribution >= 4 is 29.3 Å². The van der Waals surface area contributed by atoms with Gasteiger partial charge in [-0.25, -0.2) is 4.79 Å². The van der Waals surface area contributed by atoms with Crippen LogP contribution in [0.4, 0.5) is 5.69 Å². The van der Waals surface area contributed by atoms with E-state index in [1.54, 1.807) is 74.5 Å². The zero-order valence-electron chi connectivity index (χ0n) is 18.9. The fourth-order valence-corrected chi connectivity index (χ4v) is 3.35. The minimum absolute atomic E-state index is 0.0300. The molecular formula is C26H26N4O4. The highest BCUT2D eigenvalue weighted by atomic mass is 16.4. The summed E-state index contributed by atoms with van der Waals surface area (Å²) in [6, 6.07) is 18.2. The van der Waals surface area contributed by atoms with Crippen molar-refractivity contribution in [3.63, 3.8) is 0 Å². The maximum absolute atomic E-state index is 13.0. The summed E-state index contributed by atoms with van der Waals surface area (Å²) in [7, 11) is 0. The zero-order valence-corrected chi connectivity index (χ0v) is 18.9. The molecule has 0 saturated carbocycles. The number of amidine groups is 1. The predicted molar refractivity (Wildman–Crippen MR) is 131 cm³/mol. The lowest BCUT2D eigenvalue weighted by atomic mass is 9.93. The topological polar surface area (TPSA) is 145 Å². The molecule has 34 heavy (non-hydrogen) atoms. The van der Waals surface area contributed by atoms with Crippen LogP contribution in [0, 0.1) is 11.3 Å². The van der Waals surface area contributed by atoms with E-state index in [-0.39, 0.29) is 29.8 Å². The van der Waals surface area contributed by atoms with E-state index in [0.717, 1.165) is 0 Å². The predicted octanol–water partition coefficient (Wildman–Crippen LogP) is 3.86. The molecule has 3 aromatic carbocycles. The van der Waals surface area contributed by atoms with Gasteiger partial charge in [0.05, 0.1) is 5.56 Å². The fraction of sp³-hybridized carbons (Fsp3) is 0.154. The Labute approximate surface area is 197 Å². The van der Waals surface area contributed by atoms with Crippen molar-refractivity contribution in [3.05, 3.63) is 89.0 Å². The van der Waals surface area contributed by atoms with Gasteiger partial charge >= 0.3 is 5.97 Å². The summed E-state index contributed by atoms with van der Waals surface area (Å²) >= 11 is 0. The number of rotatable bonds is 8. The number of amides is 2. The highest BCUT2D eigenvalue weighted by Crippen LogP contribution is 2.29. The molecule has 0 aliphatic rings. The second-order valence-corrected chi connectivity index (χ2v) is 8.05. The number of hydrogen-bond acceptors (Lipinski definition) is 4. The van der Waals surface area contributed by atoms with Crippen molar-refractivity contribution in [2.45, 2.75) is 20.4 Å². The number of benzene rings is 3. The van der Waals surface area contributed by atoms with Gasteiger partial charge < -0.3 is 21.5 Å². The molecule has 8 nitrogen and oxygen atoms in total. The highest BCUT2D eigenvalue weighted by molar-refractivity contribution is 6.10. The third-order valence-electron chi connectivity index (χ3n) is 5.22. The number of carboxylic acid groups (broad SMARTS) is 1. The van der Waals surface area contributed by atoms with Crippen LogP contribution >= 0.6 is 0 Å². The van der Waals surface area contributed by atoms with E-state index in [1.807, 2.05) is 0 Å². The SMILES string of the molecule is CC(C)C(=O)NCc1ccc(-c2ccccc2C(=O)Nc2ccc(C(=N)N)cc2)c(C(=O)O)c1. The van der Waals surface area contributed by atoms with Gasteiger partial charge in [-0.3, -0.25) is 15.0 Å². The standard InChI is InChI=1S/C26H26N4O4/c1-15(2)24(31)29-14-16-7-12-20(22(13-16)26(33)34)19-5-3-4-6-21(19)25(32)30-18-10-8-17(9-11-18)23(27)28/h3-13,15H,14H2,1-2H3,(H3,27,28)(H,29,31)(H,30,32)(H,33,34). The van der Waals surface area contributed by atoms with Gasteiger partial charge in [0.25, 0.3) is 5.91 Å². The zero-order chi connectivity index (χ0) is 24.8. The van der Waals surface area contributed by atoms with Crippen molar-refractivity contribution in [2.75, 3.05) is 5.32 Å². The lowest BCUT2D eigenvalue weighted by Gasteiger charge is -2.14. The molecular weight excluding hydrogens is 432 g/mol. The summed E-state index contributed by atoms with van der Waals surface area (Å²) < 4.78 is 0. The molecule has 0 aliphatic carbocycles. The summed E-state index contributed by atoms with van der Waals surface area (Å²) in [4.78, 5) is 36.9. The molecule has 0 bridgehead atoms. The average molecular weight is 459 g/mol. The van der Waals surface area contributed by atoms with Crippen LogP contribution in [0.25, 0.3) is 11.1 Å². The number of carbonyl (C=O) groups excluding carboxylic acids is 2. The first kappa shape index (κ1) is 24.2. The molecule has 0 saturated heterocycles. The number of nitrogen functional groups attached to an aromatic ring is 1. The lowest BCUT2D eigenvalue weighted by molar-refractivity contribution is -0.124. The first-order chi connectivity index (χ1) is 16.2. The van der Waals surface area contributed by atoms with Crippen molar-refractivity contribution in [3.8, 4) is 11.1 Å². The molecule has 0 radical (unpaired) electrons. The number of nitrogens with one attached hydrogen (secondary N) is 3. The summed E-state index contributed by atoms with van der Waals surface area (Å²) in [6.45, 7) is 3.76. The van der Waals surface area contributed by atoms with Crippen LogP contribution < -0.4 is 16.4 Å². The smallest absolute Gasteiger partial charge is 0.336 e. The van der Waals surface area contributed by atoms with Gasteiger partial charge in [0.1, 0.15) is 5.84 Å². The quantitative estimate of drug-likeness (QED) is 0.257. The van der Waals surface area contributed by atoms with Gasteiger partial charge in [-0.15, -0.1) is 0 Å². The second kappa shape index (κ2) is 10.4. The van der Waals surface area contributed by atoms with E-state index >= 15 is 0 Å². The van der Waals surface area contributed by atoms with E-state index in [0.29, 0.717) is 33.5 Å². The number of anilines is 1. The molecule has 3 rings (SSSR count). The Morgan fingerprint density at radius 1 is 0.941 bits per heavy atom. The monoisotopic (exact) mass is 458 g/mol. The summed E-state index contributed by atoms with van der Waals surface area (Å²) in [5.41, 5.74) is 8.35. The van der Waals surface area contributed by atoms with E-state index in [4.69, 9.17) is 11.1 Å². The lowest BCUT2D eigenvalue weighted by Crippen LogP contribution is -2.27. The Hall–Kier alpha value is -4.46. The van der Waals surface area contributed by atoms with Gasteiger partial charge in [0.2, 0.25) is 5.91 Å². The molecule has 2 amide bonds. The van der Waals surface area contributed by atoms with Crippen LogP contribution in [0.15, 0.2) is 66.7 Å². The van der Waals surface area contributed by atoms with E-state index in [1.165, 1.54) is 6.07 Å². The molecule has 0 spiro atoms. The normalized spacial score (nSPS) is 10.6. The number of hydrogen-bond donors (Lipinski definition) is 5. The maximum atomic E-state index is 13.0. The fourth-order valence-electron chi connectivity index (χ4n) is 3.35. The van der Waals surface area contributed by atoms with Gasteiger partial charge in [-0.1, -0.05) is 44.2 Å². The van der Waals surface area contributed by atoms with Crippen LogP contribution in [0.2, 0.25) is 0 Å². The third-order valence-corrected chi connectivity index (χ3v) is 5.22. The van der Waals surface area contributed by atoms with E-state index < -0.39 is 11.9 Å². The minimum atomic E-state index is -1.14.